The second kappa shape index (κ2) is 5.31. The van der Waals surface area contributed by atoms with E-state index in [4.69, 9.17) is 21.1 Å². The number of furan rings is 1. The molecule has 0 aliphatic heterocycles. The van der Waals surface area contributed by atoms with Crippen molar-refractivity contribution in [2.75, 3.05) is 0 Å². The molecule has 1 aromatic carbocycles. The van der Waals surface area contributed by atoms with Gasteiger partial charge in [0.2, 0.25) is 0 Å². The van der Waals surface area contributed by atoms with Gasteiger partial charge in [-0.05, 0) is 43.2 Å². The third-order valence-corrected chi connectivity index (χ3v) is 3.61. The number of aromatic carboxylic acids is 1. The SMILES string of the molecule is O=C(O)c1ccc(Cl)c(-c2ccc(CNC3CC3)o2)c1. The molecule has 0 atom stereocenters. The average Bonchev–Trinajstić information content (AvgIpc) is 3.14. The Bertz CT molecular complexity index is 646. The molecule has 1 fully saturated rings. The molecule has 1 aliphatic carbocycles. The summed E-state index contributed by atoms with van der Waals surface area (Å²) >= 11 is 6.11. The zero-order valence-electron chi connectivity index (χ0n) is 10.7. The summed E-state index contributed by atoms with van der Waals surface area (Å²) in [5, 5.41) is 12.9. The second-order valence-electron chi connectivity index (χ2n) is 4.92. The Morgan fingerprint density at radius 3 is 2.85 bits per heavy atom. The zero-order chi connectivity index (χ0) is 14.1. The van der Waals surface area contributed by atoms with Gasteiger partial charge in [-0.15, -0.1) is 0 Å². The van der Waals surface area contributed by atoms with Gasteiger partial charge >= 0.3 is 5.97 Å². The van der Waals surface area contributed by atoms with Gasteiger partial charge in [0.25, 0.3) is 0 Å². The van der Waals surface area contributed by atoms with Crippen LogP contribution in [0.1, 0.15) is 29.0 Å². The predicted octanol–water partition coefficient (Wildman–Crippen LogP) is 3.55. The highest BCUT2D eigenvalue weighted by atomic mass is 35.5. The van der Waals surface area contributed by atoms with Gasteiger partial charge in [0.05, 0.1) is 17.1 Å². The van der Waals surface area contributed by atoms with Gasteiger partial charge in [0.15, 0.2) is 0 Å². The molecule has 0 spiro atoms. The van der Waals surface area contributed by atoms with Gasteiger partial charge < -0.3 is 14.8 Å². The average molecular weight is 292 g/mol. The van der Waals surface area contributed by atoms with Crippen LogP contribution in [-0.4, -0.2) is 17.1 Å². The summed E-state index contributed by atoms with van der Waals surface area (Å²) in [5.41, 5.74) is 0.794. The fraction of sp³-hybridized carbons (Fsp3) is 0.267. The quantitative estimate of drug-likeness (QED) is 0.884. The topological polar surface area (TPSA) is 62.5 Å². The molecule has 104 valence electrons. The number of halogens is 1. The van der Waals surface area contributed by atoms with Gasteiger partial charge in [0, 0.05) is 11.6 Å². The summed E-state index contributed by atoms with van der Waals surface area (Å²) in [7, 11) is 0. The van der Waals surface area contributed by atoms with Crippen molar-refractivity contribution < 1.29 is 14.3 Å². The summed E-state index contributed by atoms with van der Waals surface area (Å²) in [5.74, 6) is 0.430. The normalized spacial score (nSPS) is 14.4. The molecule has 2 aromatic rings. The number of hydrogen-bond donors (Lipinski definition) is 2. The van der Waals surface area contributed by atoms with E-state index in [0.717, 1.165) is 5.76 Å². The molecule has 0 radical (unpaired) electrons. The van der Waals surface area contributed by atoms with Crippen LogP contribution in [0.4, 0.5) is 0 Å². The van der Waals surface area contributed by atoms with Gasteiger partial charge in [-0.2, -0.15) is 0 Å². The highest BCUT2D eigenvalue weighted by molar-refractivity contribution is 6.33. The molecule has 1 aliphatic rings. The van der Waals surface area contributed by atoms with Gasteiger partial charge in [-0.3, -0.25) is 0 Å². The van der Waals surface area contributed by atoms with E-state index in [1.54, 1.807) is 6.07 Å². The maximum absolute atomic E-state index is 11.0. The lowest BCUT2D eigenvalue weighted by Crippen LogP contribution is -2.14. The minimum absolute atomic E-state index is 0.193. The van der Waals surface area contributed by atoms with Crippen LogP contribution in [0.2, 0.25) is 5.02 Å². The highest BCUT2D eigenvalue weighted by Gasteiger charge is 2.20. The molecule has 1 aromatic heterocycles. The van der Waals surface area contributed by atoms with Crippen LogP contribution in [0.25, 0.3) is 11.3 Å². The molecule has 2 N–H and O–H groups in total. The van der Waals surface area contributed by atoms with Crippen LogP contribution in [0.3, 0.4) is 0 Å². The van der Waals surface area contributed by atoms with Gasteiger partial charge in [-0.1, -0.05) is 11.6 Å². The minimum Gasteiger partial charge on any atom is -0.478 e. The van der Waals surface area contributed by atoms with Gasteiger partial charge in [0.1, 0.15) is 11.5 Å². The van der Waals surface area contributed by atoms with Crippen molar-refractivity contribution in [3.63, 3.8) is 0 Å². The Labute approximate surface area is 121 Å². The Morgan fingerprint density at radius 2 is 2.15 bits per heavy atom. The molecule has 4 nitrogen and oxygen atoms in total. The van der Waals surface area contributed by atoms with Crippen LogP contribution in [0.5, 0.6) is 0 Å². The number of hydrogen-bond acceptors (Lipinski definition) is 3. The summed E-state index contributed by atoms with van der Waals surface area (Å²) in [6.07, 6.45) is 2.44. The van der Waals surface area contributed by atoms with Crippen molar-refractivity contribution in [3.05, 3.63) is 46.7 Å². The minimum atomic E-state index is -0.981. The monoisotopic (exact) mass is 291 g/mol. The maximum atomic E-state index is 11.0. The molecule has 5 heteroatoms. The standard InChI is InChI=1S/C15H14ClNO3/c16-13-5-1-9(15(18)19)7-12(13)14-6-4-11(20-14)8-17-10-2-3-10/h1,4-7,10,17H,2-3,8H2,(H,18,19). The molecule has 20 heavy (non-hydrogen) atoms. The van der Waals surface area contributed by atoms with E-state index in [0.29, 0.717) is 28.9 Å². The van der Waals surface area contributed by atoms with Crippen LogP contribution >= 0.6 is 11.6 Å². The zero-order valence-corrected chi connectivity index (χ0v) is 11.5. The van der Waals surface area contributed by atoms with Crippen LogP contribution in [-0.2, 0) is 6.54 Å². The molecule has 1 saturated carbocycles. The first-order valence-electron chi connectivity index (χ1n) is 6.49. The molecule has 0 amide bonds. The van der Waals surface area contributed by atoms with Crippen molar-refractivity contribution >= 4 is 17.6 Å². The Hall–Kier alpha value is -1.78. The molecule has 0 saturated heterocycles. The van der Waals surface area contributed by atoms with Crippen molar-refractivity contribution in [1.29, 1.82) is 0 Å². The molecular formula is C15H14ClNO3. The molecule has 3 rings (SSSR count). The Balaban J connectivity index is 1.83. The predicted molar refractivity (Wildman–Crippen MR) is 76.0 cm³/mol. The van der Waals surface area contributed by atoms with Crippen molar-refractivity contribution in [1.82, 2.24) is 5.32 Å². The van der Waals surface area contributed by atoms with E-state index in [9.17, 15) is 4.79 Å². The third kappa shape index (κ3) is 2.86. The lowest BCUT2D eigenvalue weighted by atomic mass is 10.1. The number of carboxylic acid groups (broad SMARTS) is 1. The van der Waals surface area contributed by atoms with Gasteiger partial charge in [-0.25, -0.2) is 4.79 Å². The number of rotatable bonds is 5. The molecule has 1 heterocycles. The summed E-state index contributed by atoms with van der Waals surface area (Å²) < 4.78 is 5.72. The third-order valence-electron chi connectivity index (χ3n) is 3.28. The molecule has 0 bridgehead atoms. The van der Waals surface area contributed by atoms with E-state index in [1.165, 1.54) is 25.0 Å². The number of nitrogens with one attached hydrogen (secondary N) is 1. The van der Waals surface area contributed by atoms with E-state index in [2.05, 4.69) is 5.32 Å². The Kier molecular flexibility index (Phi) is 3.51. The fourth-order valence-corrected chi connectivity index (χ4v) is 2.21. The fourth-order valence-electron chi connectivity index (χ4n) is 2.00. The van der Waals surface area contributed by atoms with E-state index >= 15 is 0 Å². The van der Waals surface area contributed by atoms with Crippen molar-refractivity contribution in [3.8, 4) is 11.3 Å². The summed E-state index contributed by atoms with van der Waals surface area (Å²) in [4.78, 5) is 11.0. The second-order valence-corrected chi connectivity index (χ2v) is 5.33. The van der Waals surface area contributed by atoms with E-state index in [-0.39, 0.29) is 5.56 Å². The lowest BCUT2D eigenvalue weighted by Gasteiger charge is -2.03. The number of carbonyl (C=O) groups is 1. The highest BCUT2D eigenvalue weighted by Crippen LogP contribution is 2.30. The number of benzene rings is 1. The number of carboxylic acids is 1. The lowest BCUT2D eigenvalue weighted by molar-refractivity contribution is 0.0697. The first kappa shape index (κ1) is 13.2. The van der Waals surface area contributed by atoms with Crippen LogP contribution in [0, 0.1) is 0 Å². The van der Waals surface area contributed by atoms with Crippen molar-refractivity contribution in [2.24, 2.45) is 0 Å². The molecular weight excluding hydrogens is 278 g/mol. The summed E-state index contributed by atoms with van der Waals surface area (Å²) in [6, 6.07) is 8.90. The van der Waals surface area contributed by atoms with Crippen LogP contribution < -0.4 is 5.32 Å². The largest absolute Gasteiger partial charge is 0.478 e. The smallest absolute Gasteiger partial charge is 0.335 e. The van der Waals surface area contributed by atoms with E-state index in [1.807, 2.05) is 12.1 Å². The van der Waals surface area contributed by atoms with Crippen LogP contribution in [0.15, 0.2) is 34.7 Å². The summed E-state index contributed by atoms with van der Waals surface area (Å²) in [6.45, 7) is 0.681. The Morgan fingerprint density at radius 1 is 1.35 bits per heavy atom. The molecule has 0 unspecified atom stereocenters. The first-order chi connectivity index (χ1) is 9.63. The first-order valence-corrected chi connectivity index (χ1v) is 6.86. The maximum Gasteiger partial charge on any atom is 0.335 e. The van der Waals surface area contributed by atoms with E-state index < -0.39 is 5.97 Å². The van der Waals surface area contributed by atoms with Crippen molar-refractivity contribution in [2.45, 2.75) is 25.4 Å².